The highest BCUT2D eigenvalue weighted by atomic mass is 35.5. The summed E-state index contributed by atoms with van der Waals surface area (Å²) in [6, 6.07) is 11.8. The number of hydrogen-bond acceptors (Lipinski definition) is 2. The third kappa shape index (κ3) is 2.19. The summed E-state index contributed by atoms with van der Waals surface area (Å²) in [5, 5.41) is 0. The van der Waals surface area contributed by atoms with E-state index in [-0.39, 0.29) is 18.5 Å². The van der Waals surface area contributed by atoms with Gasteiger partial charge in [0.05, 0.1) is 6.04 Å². The van der Waals surface area contributed by atoms with Crippen molar-refractivity contribution in [3.05, 3.63) is 35.9 Å². The lowest BCUT2D eigenvalue weighted by atomic mass is 9.94. The number of ether oxygens (including phenoxy) is 1. The van der Waals surface area contributed by atoms with Gasteiger partial charge in [-0.2, -0.15) is 0 Å². The zero-order valence-electron chi connectivity index (χ0n) is 10.6. The number of benzene rings is 1. The summed E-state index contributed by atoms with van der Waals surface area (Å²) in [7, 11) is 1.81. The molecule has 18 heavy (non-hydrogen) atoms. The van der Waals surface area contributed by atoms with Gasteiger partial charge in [0.25, 0.3) is 6.02 Å². The Labute approximate surface area is 114 Å². The summed E-state index contributed by atoms with van der Waals surface area (Å²) < 4.78 is 6.02. The zero-order chi connectivity index (χ0) is 11.7. The Morgan fingerprint density at radius 3 is 2.72 bits per heavy atom. The van der Waals surface area contributed by atoms with Gasteiger partial charge in [-0.25, -0.2) is 4.99 Å². The summed E-state index contributed by atoms with van der Waals surface area (Å²) in [5.74, 6) is 0. The van der Waals surface area contributed by atoms with Crippen LogP contribution in [-0.4, -0.2) is 30.6 Å². The summed E-state index contributed by atoms with van der Waals surface area (Å²) in [4.78, 5) is 6.60. The lowest BCUT2D eigenvalue weighted by Gasteiger charge is -2.30. The normalized spacial score (nSPS) is 28.5. The number of aliphatic imine (C=N–C) groups is 1. The molecule has 2 aliphatic heterocycles. The van der Waals surface area contributed by atoms with E-state index in [4.69, 9.17) is 4.74 Å². The average Bonchev–Trinajstić information content (AvgIpc) is 2.78. The predicted molar refractivity (Wildman–Crippen MR) is 75.2 cm³/mol. The van der Waals surface area contributed by atoms with Crippen LogP contribution in [0.5, 0.6) is 0 Å². The number of hydrogen-bond donors (Lipinski definition) is 0. The van der Waals surface area contributed by atoms with Gasteiger partial charge in [0.15, 0.2) is 0 Å². The smallest absolute Gasteiger partial charge is 0.288 e. The van der Waals surface area contributed by atoms with Crippen molar-refractivity contribution in [2.24, 2.45) is 4.99 Å². The quantitative estimate of drug-likeness (QED) is 0.781. The van der Waals surface area contributed by atoms with Crippen LogP contribution in [0.25, 0.3) is 0 Å². The molecule has 0 radical (unpaired) electrons. The fraction of sp³-hybridized carbons (Fsp3) is 0.500. The van der Waals surface area contributed by atoms with Gasteiger partial charge in [0.1, 0.15) is 6.10 Å². The highest BCUT2D eigenvalue weighted by molar-refractivity contribution is 5.85. The van der Waals surface area contributed by atoms with Gasteiger partial charge in [-0.15, -0.1) is 12.4 Å². The maximum atomic E-state index is 6.02. The molecule has 4 heteroatoms. The van der Waals surface area contributed by atoms with Gasteiger partial charge in [0.2, 0.25) is 0 Å². The molecular formula is C14H19ClN2O. The van der Waals surface area contributed by atoms with Crippen molar-refractivity contribution < 1.29 is 4.74 Å². The second-order valence-electron chi connectivity index (χ2n) is 4.71. The highest BCUT2D eigenvalue weighted by Crippen LogP contribution is 2.37. The first-order chi connectivity index (χ1) is 8.40. The molecular weight excluding hydrogens is 248 g/mol. The molecule has 0 N–H and O–H groups in total. The molecule has 0 saturated carbocycles. The molecule has 2 heterocycles. The molecule has 1 aromatic carbocycles. The number of halogens is 1. The largest absolute Gasteiger partial charge is 0.455 e. The molecule has 3 nitrogen and oxygen atoms in total. The van der Waals surface area contributed by atoms with Crippen molar-refractivity contribution >= 4 is 18.4 Å². The van der Waals surface area contributed by atoms with Crippen LogP contribution in [0.3, 0.4) is 0 Å². The Hall–Kier alpha value is -1.22. The van der Waals surface area contributed by atoms with Crippen LogP contribution in [0.15, 0.2) is 35.3 Å². The molecule has 98 valence electrons. The molecule has 0 aromatic heterocycles. The molecule has 3 rings (SSSR count). The van der Waals surface area contributed by atoms with E-state index in [1.165, 1.54) is 24.8 Å². The maximum Gasteiger partial charge on any atom is 0.288 e. The van der Waals surface area contributed by atoms with E-state index in [0.29, 0.717) is 6.04 Å². The first-order valence-corrected chi connectivity index (χ1v) is 6.35. The van der Waals surface area contributed by atoms with Crippen molar-refractivity contribution in [3.63, 3.8) is 0 Å². The fourth-order valence-corrected chi connectivity index (χ4v) is 2.88. The lowest BCUT2D eigenvalue weighted by molar-refractivity contribution is 0.168. The van der Waals surface area contributed by atoms with Gasteiger partial charge in [-0.3, -0.25) is 0 Å². The Morgan fingerprint density at radius 1 is 1.22 bits per heavy atom. The highest BCUT2D eigenvalue weighted by Gasteiger charge is 2.41. The van der Waals surface area contributed by atoms with Crippen LogP contribution in [0, 0.1) is 0 Å². The minimum Gasteiger partial charge on any atom is -0.455 e. The van der Waals surface area contributed by atoms with E-state index >= 15 is 0 Å². The zero-order valence-corrected chi connectivity index (χ0v) is 11.4. The second-order valence-corrected chi connectivity index (χ2v) is 4.71. The van der Waals surface area contributed by atoms with Crippen LogP contribution >= 0.6 is 12.4 Å². The van der Waals surface area contributed by atoms with Gasteiger partial charge < -0.3 is 9.64 Å². The molecule has 1 aromatic rings. The molecule has 2 atom stereocenters. The van der Waals surface area contributed by atoms with E-state index in [1.54, 1.807) is 0 Å². The van der Waals surface area contributed by atoms with Gasteiger partial charge in [-0.1, -0.05) is 30.3 Å². The fourth-order valence-electron chi connectivity index (χ4n) is 2.88. The standard InChI is InChI=1S/C14H18N2O.ClH/c1-15-14-16-10-6-5-9-12(16)13(17-14)11-7-3-2-4-8-11;/h2-4,7-8,12-13H,5-6,9-10H2,1H3;1H/t12-,13-;/m0./s1. The first kappa shape index (κ1) is 13.2. The Kier molecular flexibility index (Phi) is 4.12. The number of piperidine rings is 1. The van der Waals surface area contributed by atoms with Crippen LogP contribution in [-0.2, 0) is 4.74 Å². The average molecular weight is 267 g/mol. The summed E-state index contributed by atoms with van der Waals surface area (Å²) in [6.07, 6.45) is 3.92. The molecule has 0 spiro atoms. The van der Waals surface area contributed by atoms with Crippen molar-refractivity contribution in [1.82, 2.24) is 4.90 Å². The van der Waals surface area contributed by atoms with Gasteiger partial charge >= 0.3 is 0 Å². The topological polar surface area (TPSA) is 24.8 Å². The Bertz CT molecular complexity index is 421. The van der Waals surface area contributed by atoms with E-state index in [1.807, 2.05) is 13.1 Å². The van der Waals surface area contributed by atoms with Crippen molar-refractivity contribution in [2.75, 3.05) is 13.6 Å². The minimum atomic E-state index is 0. The minimum absolute atomic E-state index is 0. The number of rotatable bonds is 1. The maximum absolute atomic E-state index is 6.02. The lowest BCUT2D eigenvalue weighted by Crippen LogP contribution is -2.38. The summed E-state index contributed by atoms with van der Waals surface area (Å²) >= 11 is 0. The van der Waals surface area contributed by atoms with Crippen molar-refractivity contribution in [3.8, 4) is 0 Å². The molecule has 2 aliphatic rings. The van der Waals surface area contributed by atoms with Crippen LogP contribution < -0.4 is 0 Å². The molecule has 0 bridgehead atoms. The number of fused-ring (bicyclic) bond motifs is 1. The molecule has 2 fully saturated rings. The van der Waals surface area contributed by atoms with Crippen LogP contribution in [0.1, 0.15) is 30.9 Å². The third-order valence-electron chi connectivity index (χ3n) is 3.70. The van der Waals surface area contributed by atoms with E-state index in [0.717, 1.165) is 12.6 Å². The Balaban J connectivity index is 0.00000120. The van der Waals surface area contributed by atoms with E-state index in [9.17, 15) is 0 Å². The SMILES string of the molecule is CN=C1O[C@@H](c2ccccc2)[C@@H]2CCCCN12.Cl. The molecule has 0 unspecified atom stereocenters. The molecule has 0 amide bonds. The molecule has 0 aliphatic carbocycles. The Morgan fingerprint density at radius 2 is 2.00 bits per heavy atom. The number of amidine groups is 1. The van der Waals surface area contributed by atoms with Crippen LogP contribution in [0.4, 0.5) is 0 Å². The van der Waals surface area contributed by atoms with Crippen LogP contribution in [0.2, 0.25) is 0 Å². The van der Waals surface area contributed by atoms with E-state index in [2.05, 4.69) is 34.2 Å². The molecule has 2 saturated heterocycles. The van der Waals surface area contributed by atoms with Crippen molar-refractivity contribution in [1.29, 1.82) is 0 Å². The number of nitrogens with zero attached hydrogens (tertiary/aromatic N) is 2. The summed E-state index contributed by atoms with van der Waals surface area (Å²) in [6.45, 7) is 1.08. The van der Waals surface area contributed by atoms with Crippen molar-refractivity contribution in [2.45, 2.75) is 31.4 Å². The third-order valence-corrected chi connectivity index (χ3v) is 3.70. The van der Waals surface area contributed by atoms with Gasteiger partial charge in [-0.05, 0) is 24.8 Å². The monoisotopic (exact) mass is 266 g/mol. The summed E-state index contributed by atoms with van der Waals surface area (Å²) in [5.41, 5.74) is 1.27. The first-order valence-electron chi connectivity index (χ1n) is 6.35. The van der Waals surface area contributed by atoms with E-state index < -0.39 is 0 Å². The second kappa shape index (κ2) is 5.61. The van der Waals surface area contributed by atoms with Gasteiger partial charge in [0, 0.05) is 13.6 Å². The predicted octanol–water partition coefficient (Wildman–Crippen LogP) is 3.02.